The van der Waals surface area contributed by atoms with E-state index in [4.69, 9.17) is 0 Å². The number of halogens is 4. The number of carbonyl (C=O) groups excluding carboxylic acids is 2. The lowest BCUT2D eigenvalue weighted by molar-refractivity contribution is -0.138. The quantitative estimate of drug-likeness (QED) is 0.204. The number of aliphatic imine (C=N–C) groups is 1. The predicted molar refractivity (Wildman–Crippen MR) is 103 cm³/mol. The number of imide groups is 1. The highest BCUT2D eigenvalue weighted by atomic mass is 19.4. The minimum Gasteiger partial charge on any atom is -0.356 e. The number of alkyl halides is 3. The lowest BCUT2D eigenvalue weighted by atomic mass is 9.99. The van der Waals surface area contributed by atoms with Crippen LogP contribution in [-0.4, -0.2) is 48.5 Å². The van der Waals surface area contributed by atoms with E-state index >= 15 is 0 Å². The van der Waals surface area contributed by atoms with E-state index in [0.29, 0.717) is 25.5 Å². The fraction of sp³-hybridized carbons (Fsp3) is 0.526. The number of guanidine groups is 1. The summed E-state index contributed by atoms with van der Waals surface area (Å²) in [6.07, 6.45) is -3.78. The van der Waals surface area contributed by atoms with E-state index in [0.717, 1.165) is 17.0 Å². The molecular formula is C19H25F4N5O2. The molecule has 1 aliphatic rings. The average molecular weight is 431 g/mol. The van der Waals surface area contributed by atoms with Gasteiger partial charge in [0.15, 0.2) is 5.96 Å². The van der Waals surface area contributed by atoms with Crippen molar-refractivity contribution < 1.29 is 27.2 Å². The van der Waals surface area contributed by atoms with Gasteiger partial charge in [0, 0.05) is 26.7 Å². The van der Waals surface area contributed by atoms with Gasteiger partial charge in [-0.25, -0.2) is 9.18 Å². The molecule has 3 amide bonds. The van der Waals surface area contributed by atoms with Gasteiger partial charge >= 0.3 is 12.2 Å². The normalized spacial score (nSPS) is 19.8. The fourth-order valence-corrected chi connectivity index (χ4v) is 3.00. The second kappa shape index (κ2) is 9.31. The number of amides is 3. The standard InChI is InChI=1S/C19H25F4N5O2/c1-4-18(2)15(29)28(17(30)27-18)9-5-8-25-16(24-3)26-11-12-6-7-13(20)10-14(12)19(21,22)23/h6-7,10H,4-5,8-9,11H2,1-3H3,(H,27,30)(H2,24,25,26). The van der Waals surface area contributed by atoms with Crippen LogP contribution in [0.25, 0.3) is 0 Å². The number of carbonyl (C=O) groups is 2. The Hall–Kier alpha value is -2.85. The predicted octanol–water partition coefficient (Wildman–Crippen LogP) is 2.62. The summed E-state index contributed by atoms with van der Waals surface area (Å²) in [4.78, 5) is 29.4. The molecule has 3 N–H and O–H groups in total. The van der Waals surface area contributed by atoms with Crippen molar-refractivity contribution in [2.75, 3.05) is 20.1 Å². The highest BCUT2D eigenvalue weighted by molar-refractivity contribution is 6.06. The maximum Gasteiger partial charge on any atom is 0.416 e. The molecule has 0 aromatic heterocycles. The van der Waals surface area contributed by atoms with E-state index in [9.17, 15) is 27.2 Å². The van der Waals surface area contributed by atoms with Crippen LogP contribution in [0.1, 0.15) is 37.8 Å². The van der Waals surface area contributed by atoms with Crippen LogP contribution < -0.4 is 16.0 Å². The van der Waals surface area contributed by atoms with Crippen LogP contribution in [-0.2, 0) is 17.5 Å². The molecule has 1 heterocycles. The summed E-state index contributed by atoms with van der Waals surface area (Å²) in [7, 11) is 1.45. The second-order valence-corrected chi connectivity index (χ2v) is 7.08. The molecular weight excluding hydrogens is 406 g/mol. The van der Waals surface area contributed by atoms with Crippen molar-refractivity contribution in [1.82, 2.24) is 20.9 Å². The third kappa shape index (κ3) is 5.39. The number of nitrogens with zero attached hydrogens (tertiary/aromatic N) is 2. The highest BCUT2D eigenvalue weighted by Crippen LogP contribution is 2.32. The lowest BCUT2D eigenvalue weighted by Gasteiger charge is -2.19. The molecule has 166 valence electrons. The smallest absolute Gasteiger partial charge is 0.356 e. The Balaban J connectivity index is 1.86. The van der Waals surface area contributed by atoms with Crippen molar-refractivity contribution in [3.8, 4) is 0 Å². The zero-order valence-corrected chi connectivity index (χ0v) is 17.0. The monoisotopic (exact) mass is 431 g/mol. The molecule has 7 nitrogen and oxygen atoms in total. The Kier molecular flexibility index (Phi) is 7.27. The number of urea groups is 1. The van der Waals surface area contributed by atoms with E-state index in [-0.39, 0.29) is 30.5 Å². The van der Waals surface area contributed by atoms with Crippen molar-refractivity contribution >= 4 is 17.9 Å². The van der Waals surface area contributed by atoms with E-state index < -0.39 is 29.1 Å². The zero-order chi connectivity index (χ0) is 22.5. The van der Waals surface area contributed by atoms with Gasteiger partial charge in [-0.3, -0.25) is 14.7 Å². The number of rotatable bonds is 7. The molecule has 0 spiro atoms. The summed E-state index contributed by atoms with van der Waals surface area (Å²) in [5.41, 5.74) is -2.07. The molecule has 0 saturated carbocycles. The SMILES string of the molecule is CCC1(C)NC(=O)N(CCCNC(=NC)NCc2ccc(F)cc2C(F)(F)F)C1=O. The van der Waals surface area contributed by atoms with Gasteiger partial charge in [0.2, 0.25) is 0 Å². The molecule has 0 bridgehead atoms. The molecule has 0 radical (unpaired) electrons. The summed E-state index contributed by atoms with van der Waals surface area (Å²) >= 11 is 0. The Morgan fingerprint density at radius 3 is 2.53 bits per heavy atom. The van der Waals surface area contributed by atoms with Crippen molar-refractivity contribution in [3.05, 3.63) is 35.1 Å². The van der Waals surface area contributed by atoms with Gasteiger partial charge in [-0.05, 0) is 37.5 Å². The first-order chi connectivity index (χ1) is 14.0. The summed E-state index contributed by atoms with van der Waals surface area (Å²) in [6, 6.07) is 2.05. The second-order valence-electron chi connectivity index (χ2n) is 7.08. The molecule has 30 heavy (non-hydrogen) atoms. The third-order valence-electron chi connectivity index (χ3n) is 4.95. The highest BCUT2D eigenvalue weighted by Gasteiger charge is 2.45. The number of benzene rings is 1. The molecule has 11 heteroatoms. The maximum absolute atomic E-state index is 13.2. The number of hydrogen-bond acceptors (Lipinski definition) is 3. The van der Waals surface area contributed by atoms with E-state index in [1.807, 2.05) is 6.92 Å². The fourth-order valence-electron chi connectivity index (χ4n) is 3.00. The Bertz CT molecular complexity index is 828. The molecule has 1 fully saturated rings. The molecule has 1 aromatic carbocycles. The molecule has 1 atom stereocenters. The van der Waals surface area contributed by atoms with Crippen LogP contribution in [0.3, 0.4) is 0 Å². The first-order valence-electron chi connectivity index (χ1n) is 9.46. The van der Waals surface area contributed by atoms with Crippen LogP contribution >= 0.6 is 0 Å². The third-order valence-corrected chi connectivity index (χ3v) is 4.95. The average Bonchev–Trinajstić information content (AvgIpc) is 2.90. The summed E-state index contributed by atoms with van der Waals surface area (Å²) < 4.78 is 52.4. The topological polar surface area (TPSA) is 85.8 Å². The largest absolute Gasteiger partial charge is 0.416 e. The molecule has 1 unspecified atom stereocenters. The van der Waals surface area contributed by atoms with Crippen molar-refractivity contribution in [2.45, 2.75) is 44.9 Å². The Labute approximate surface area is 171 Å². The minimum atomic E-state index is -4.67. The Morgan fingerprint density at radius 1 is 1.27 bits per heavy atom. The van der Waals surface area contributed by atoms with Crippen LogP contribution in [0.5, 0.6) is 0 Å². The van der Waals surface area contributed by atoms with Gasteiger partial charge in [-0.1, -0.05) is 13.0 Å². The number of hydrogen-bond donors (Lipinski definition) is 3. The summed E-state index contributed by atoms with van der Waals surface area (Å²) in [5.74, 6) is -1.01. The molecule has 0 aliphatic carbocycles. The van der Waals surface area contributed by atoms with Gasteiger partial charge in [0.1, 0.15) is 11.4 Å². The maximum atomic E-state index is 13.2. The number of nitrogens with one attached hydrogen (secondary N) is 3. The molecule has 1 aromatic rings. The van der Waals surface area contributed by atoms with E-state index in [1.54, 1.807) is 6.92 Å². The van der Waals surface area contributed by atoms with Gasteiger partial charge in [-0.2, -0.15) is 13.2 Å². The van der Waals surface area contributed by atoms with Crippen molar-refractivity contribution in [1.29, 1.82) is 0 Å². The first kappa shape index (κ1) is 23.4. The Morgan fingerprint density at radius 2 is 1.97 bits per heavy atom. The van der Waals surface area contributed by atoms with Crippen LogP contribution in [0.2, 0.25) is 0 Å². The molecule has 2 rings (SSSR count). The first-order valence-corrected chi connectivity index (χ1v) is 9.46. The van der Waals surface area contributed by atoms with Crippen LogP contribution in [0, 0.1) is 5.82 Å². The van der Waals surface area contributed by atoms with Gasteiger partial charge in [-0.15, -0.1) is 0 Å². The van der Waals surface area contributed by atoms with Gasteiger partial charge < -0.3 is 16.0 Å². The van der Waals surface area contributed by atoms with Crippen molar-refractivity contribution in [2.24, 2.45) is 4.99 Å². The van der Waals surface area contributed by atoms with Crippen molar-refractivity contribution in [3.63, 3.8) is 0 Å². The summed E-state index contributed by atoms with van der Waals surface area (Å²) in [5, 5.41) is 8.32. The minimum absolute atomic E-state index is 0.120. The molecule has 1 aliphatic heterocycles. The van der Waals surface area contributed by atoms with Gasteiger partial charge in [0.05, 0.1) is 5.56 Å². The molecule has 1 saturated heterocycles. The van der Waals surface area contributed by atoms with E-state index in [2.05, 4.69) is 20.9 Å². The van der Waals surface area contributed by atoms with E-state index in [1.165, 1.54) is 7.05 Å². The zero-order valence-electron chi connectivity index (χ0n) is 17.0. The van der Waals surface area contributed by atoms with Crippen LogP contribution in [0.4, 0.5) is 22.4 Å². The lowest BCUT2D eigenvalue weighted by Crippen LogP contribution is -2.43. The summed E-state index contributed by atoms with van der Waals surface area (Å²) in [6.45, 7) is 3.79. The van der Waals surface area contributed by atoms with Gasteiger partial charge in [0.25, 0.3) is 5.91 Å². The van der Waals surface area contributed by atoms with Crippen LogP contribution in [0.15, 0.2) is 23.2 Å².